The highest BCUT2D eigenvalue weighted by molar-refractivity contribution is 7.10. The highest BCUT2D eigenvalue weighted by Gasteiger charge is 2.32. The molecule has 1 N–H and O–H groups in total. The van der Waals surface area contributed by atoms with E-state index < -0.39 is 0 Å². The van der Waals surface area contributed by atoms with E-state index in [0.717, 1.165) is 56.1 Å². The third-order valence-electron chi connectivity index (χ3n) is 4.13. The molecule has 0 aliphatic carbocycles. The van der Waals surface area contributed by atoms with Gasteiger partial charge in [-0.3, -0.25) is 4.79 Å². The predicted octanol–water partition coefficient (Wildman–Crippen LogP) is 1.21. The van der Waals surface area contributed by atoms with E-state index in [1.165, 1.54) is 0 Å². The van der Waals surface area contributed by atoms with Crippen molar-refractivity contribution in [1.82, 2.24) is 15.2 Å². The Kier molecular flexibility index (Phi) is 4.33. The number of rotatable bonds is 3. The van der Waals surface area contributed by atoms with Crippen molar-refractivity contribution in [3.05, 3.63) is 16.1 Å². The van der Waals surface area contributed by atoms with Crippen LogP contribution >= 0.6 is 11.3 Å². The Morgan fingerprint density at radius 2 is 2.50 bits per heavy atom. The molecule has 3 heterocycles. The number of aromatic nitrogens is 1. The van der Waals surface area contributed by atoms with Crippen molar-refractivity contribution >= 4 is 17.2 Å². The molecule has 2 atom stereocenters. The van der Waals surface area contributed by atoms with Crippen LogP contribution in [-0.2, 0) is 16.0 Å². The van der Waals surface area contributed by atoms with Gasteiger partial charge in [0.15, 0.2) is 0 Å². The molecule has 0 bridgehead atoms. The van der Waals surface area contributed by atoms with Gasteiger partial charge in [-0.2, -0.15) is 0 Å². The standard InChI is InChI=1S/C14H21N3O2S/c1-15-12-13-11(16-9-20-13)4-5-17(14(12)18)7-10-3-2-6-19-8-10/h9-10,12,15H,2-8H2,1H3. The van der Waals surface area contributed by atoms with E-state index in [-0.39, 0.29) is 11.9 Å². The van der Waals surface area contributed by atoms with Gasteiger partial charge in [0, 0.05) is 26.1 Å². The van der Waals surface area contributed by atoms with Crippen LogP contribution in [0.15, 0.2) is 5.51 Å². The van der Waals surface area contributed by atoms with Gasteiger partial charge in [0.2, 0.25) is 5.91 Å². The second-order valence-electron chi connectivity index (χ2n) is 5.50. The van der Waals surface area contributed by atoms with Crippen LogP contribution in [0.2, 0.25) is 0 Å². The zero-order chi connectivity index (χ0) is 13.9. The van der Waals surface area contributed by atoms with Gasteiger partial charge in [0.05, 0.1) is 22.7 Å². The van der Waals surface area contributed by atoms with Gasteiger partial charge in [-0.1, -0.05) is 0 Å². The van der Waals surface area contributed by atoms with Crippen molar-refractivity contribution in [2.24, 2.45) is 5.92 Å². The summed E-state index contributed by atoms with van der Waals surface area (Å²) in [6.07, 6.45) is 3.13. The van der Waals surface area contributed by atoms with Gasteiger partial charge in [-0.05, 0) is 25.8 Å². The van der Waals surface area contributed by atoms with Crippen molar-refractivity contribution in [2.75, 3.05) is 33.4 Å². The number of ether oxygens (including phenoxy) is 1. The average molecular weight is 295 g/mol. The maximum atomic E-state index is 12.7. The molecule has 0 spiro atoms. The van der Waals surface area contributed by atoms with Gasteiger partial charge < -0.3 is 15.0 Å². The third-order valence-corrected chi connectivity index (χ3v) is 5.07. The molecule has 5 nitrogen and oxygen atoms in total. The molecule has 0 aromatic carbocycles. The average Bonchev–Trinajstić information content (AvgIpc) is 2.89. The zero-order valence-corrected chi connectivity index (χ0v) is 12.6. The zero-order valence-electron chi connectivity index (χ0n) is 11.8. The number of nitrogens with zero attached hydrogens (tertiary/aromatic N) is 2. The number of carbonyl (C=O) groups excluding carboxylic acids is 1. The molecule has 0 saturated carbocycles. The summed E-state index contributed by atoms with van der Waals surface area (Å²) in [6, 6.07) is -0.232. The van der Waals surface area contributed by atoms with Gasteiger partial charge in [0.25, 0.3) is 0 Å². The van der Waals surface area contributed by atoms with E-state index >= 15 is 0 Å². The van der Waals surface area contributed by atoms with Crippen molar-refractivity contribution < 1.29 is 9.53 Å². The van der Waals surface area contributed by atoms with E-state index in [9.17, 15) is 4.79 Å². The van der Waals surface area contributed by atoms with E-state index in [4.69, 9.17) is 4.74 Å². The largest absolute Gasteiger partial charge is 0.381 e. The molecule has 2 aliphatic heterocycles. The minimum atomic E-state index is -0.232. The summed E-state index contributed by atoms with van der Waals surface area (Å²) in [4.78, 5) is 20.2. The molecule has 3 rings (SSSR count). The SMILES string of the molecule is CNC1C(=O)N(CC2CCCOC2)CCc2ncsc21. The van der Waals surface area contributed by atoms with Crippen LogP contribution in [0.3, 0.4) is 0 Å². The fourth-order valence-corrected chi connectivity index (χ4v) is 3.98. The first-order chi connectivity index (χ1) is 9.79. The summed E-state index contributed by atoms with van der Waals surface area (Å²) in [6.45, 7) is 3.23. The molecule has 1 aromatic heterocycles. The highest BCUT2D eigenvalue weighted by atomic mass is 32.1. The van der Waals surface area contributed by atoms with Crippen molar-refractivity contribution in [1.29, 1.82) is 0 Å². The highest BCUT2D eigenvalue weighted by Crippen LogP contribution is 2.28. The molecule has 2 aliphatic rings. The number of hydrogen-bond donors (Lipinski definition) is 1. The molecule has 2 unspecified atom stereocenters. The van der Waals surface area contributed by atoms with Crippen LogP contribution in [0.5, 0.6) is 0 Å². The fraction of sp³-hybridized carbons (Fsp3) is 0.714. The molecular formula is C14H21N3O2S. The lowest BCUT2D eigenvalue weighted by molar-refractivity contribution is -0.134. The molecule has 1 fully saturated rings. The maximum absolute atomic E-state index is 12.7. The Labute approximate surface area is 123 Å². The molecule has 20 heavy (non-hydrogen) atoms. The first-order valence-corrected chi connectivity index (χ1v) is 8.13. The second kappa shape index (κ2) is 6.20. The Hall–Kier alpha value is -0.980. The topological polar surface area (TPSA) is 54.5 Å². The van der Waals surface area contributed by atoms with Crippen molar-refractivity contribution in [3.8, 4) is 0 Å². The Bertz CT molecular complexity index is 471. The number of carbonyl (C=O) groups is 1. The molecule has 1 amide bonds. The minimum absolute atomic E-state index is 0.182. The predicted molar refractivity (Wildman–Crippen MR) is 77.7 cm³/mol. The number of fused-ring (bicyclic) bond motifs is 1. The quantitative estimate of drug-likeness (QED) is 0.911. The second-order valence-corrected chi connectivity index (χ2v) is 6.39. The smallest absolute Gasteiger partial charge is 0.245 e. The molecule has 1 saturated heterocycles. The third kappa shape index (κ3) is 2.73. The van der Waals surface area contributed by atoms with Crippen LogP contribution in [0.4, 0.5) is 0 Å². The van der Waals surface area contributed by atoms with Gasteiger partial charge in [-0.15, -0.1) is 11.3 Å². The van der Waals surface area contributed by atoms with Crippen LogP contribution in [-0.4, -0.2) is 49.1 Å². The Balaban J connectivity index is 1.73. The number of likely N-dealkylation sites (N-methyl/N-ethyl adjacent to an activating group) is 1. The number of hydrogen-bond acceptors (Lipinski definition) is 5. The molecule has 6 heteroatoms. The summed E-state index contributed by atoms with van der Waals surface area (Å²) in [7, 11) is 1.85. The van der Waals surface area contributed by atoms with Crippen LogP contribution in [0.1, 0.15) is 29.5 Å². The summed E-state index contributed by atoms with van der Waals surface area (Å²) in [5.41, 5.74) is 2.91. The lowest BCUT2D eigenvalue weighted by Crippen LogP contribution is -2.42. The normalized spacial score (nSPS) is 27.2. The van der Waals surface area contributed by atoms with E-state index in [0.29, 0.717) is 5.92 Å². The number of nitrogens with one attached hydrogen (secondary N) is 1. The fourth-order valence-electron chi connectivity index (χ4n) is 3.05. The molecule has 1 aromatic rings. The van der Waals surface area contributed by atoms with Gasteiger partial charge >= 0.3 is 0 Å². The summed E-state index contributed by atoms with van der Waals surface area (Å²) in [5, 5.41) is 3.15. The summed E-state index contributed by atoms with van der Waals surface area (Å²) in [5.74, 6) is 0.662. The van der Waals surface area contributed by atoms with E-state index in [1.807, 2.05) is 17.5 Å². The van der Waals surface area contributed by atoms with Crippen LogP contribution in [0, 0.1) is 5.92 Å². The first-order valence-electron chi connectivity index (χ1n) is 7.25. The van der Waals surface area contributed by atoms with Gasteiger partial charge in [-0.25, -0.2) is 4.98 Å². The van der Waals surface area contributed by atoms with Crippen molar-refractivity contribution in [2.45, 2.75) is 25.3 Å². The molecule has 110 valence electrons. The lowest BCUT2D eigenvalue weighted by atomic mass is 10.0. The van der Waals surface area contributed by atoms with Crippen molar-refractivity contribution in [3.63, 3.8) is 0 Å². The summed E-state index contributed by atoms with van der Waals surface area (Å²) >= 11 is 1.58. The molecule has 0 radical (unpaired) electrons. The number of amides is 1. The molecular weight excluding hydrogens is 274 g/mol. The number of thiazole rings is 1. The van der Waals surface area contributed by atoms with Gasteiger partial charge in [0.1, 0.15) is 6.04 Å². The first kappa shape index (κ1) is 14.0. The Morgan fingerprint density at radius 1 is 1.60 bits per heavy atom. The monoisotopic (exact) mass is 295 g/mol. The van der Waals surface area contributed by atoms with Crippen LogP contribution < -0.4 is 5.32 Å². The van der Waals surface area contributed by atoms with E-state index in [2.05, 4.69) is 10.3 Å². The lowest BCUT2D eigenvalue weighted by Gasteiger charge is -2.30. The Morgan fingerprint density at radius 3 is 3.25 bits per heavy atom. The minimum Gasteiger partial charge on any atom is -0.381 e. The van der Waals surface area contributed by atoms with Crippen LogP contribution in [0.25, 0.3) is 0 Å². The van der Waals surface area contributed by atoms with E-state index in [1.54, 1.807) is 11.3 Å². The maximum Gasteiger partial charge on any atom is 0.245 e. The summed E-state index contributed by atoms with van der Waals surface area (Å²) < 4.78 is 5.53.